The van der Waals surface area contributed by atoms with Crippen LogP contribution in [0.25, 0.3) is 0 Å². The summed E-state index contributed by atoms with van der Waals surface area (Å²) in [6.07, 6.45) is 10.3. The second-order valence-electron chi connectivity index (χ2n) is 4.63. The molecule has 2 N–H and O–H groups in total. The average Bonchev–Trinajstić information content (AvgIpc) is 2.55. The Balaban J connectivity index is 1.80. The topological polar surface area (TPSA) is 24.1 Å². The first-order valence-electron chi connectivity index (χ1n) is 5.92. The molecule has 2 nitrogen and oxygen atoms in total. The van der Waals surface area contributed by atoms with Crippen LogP contribution in [0.5, 0.6) is 0 Å². The van der Waals surface area contributed by atoms with E-state index in [9.17, 15) is 0 Å². The maximum absolute atomic E-state index is 3.26. The van der Waals surface area contributed by atoms with Crippen LogP contribution in [0.1, 0.15) is 44.9 Å². The molecule has 13 heavy (non-hydrogen) atoms. The van der Waals surface area contributed by atoms with Crippen LogP contribution in [0.15, 0.2) is 0 Å². The van der Waals surface area contributed by atoms with Gasteiger partial charge >= 0.3 is 0 Å². The van der Waals surface area contributed by atoms with Gasteiger partial charge in [0.25, 0.3) is 0 Å². The highest BCUT2D eigenvalue weighted by molar-refractivity contribution is 4.78. The summed E-state index contributed by atoms with van der Waals surface area (Å²) in [5.74, 6) is 1.92. The van der Waals surface area contributed by atoms with Gasteiger partial charge < -0.3 is 0 Å². The molecular weight excluding hydrogens is 160 g/mol. The number of hydrazine groups is 1. The first-order chi connectivity index (χ1) is 6.47. The Kier molecular flexibility index (Phi) is 3.62. The normalized spacial score (nSPS) is 28.6. The van der Waals surface area contributed by atoms with Gasteiger partial charge in [-0.25, -0.2) is 0 Å². The van der Waals surface area contributed by atoms with E-state index in [1.165, 1.54) is 58.0 Å². The average molecular weight is 182 g/mol. The molecular formula is C11H22N2. The Bertz CT molecular complexity index is 133. The summed E-state index contributed by atoms with van der Waals surface area (Å²) in [7, 11) is 0. The first-order valence-corrected chi connectivity index (χ1v) is 5.92. The highest BCUT2D eigenvalue weighted by Gasteiger charge is 2.24. The molecule has 0 spiro atoms. The van der Waals surface area contributed by atoms with Crippen molar-refractivity contribution in [2.24, 2.45) is 11.8 Å². The van der Waals surface area contributed by atoms with Gasteiger partial charge in [0.1, 0.15) is 0 Å². The van der Waals surface area contributed by atoms with Crippen LogP contribution in [0.3, 0.4) is 0 Å². The molecule has 0 radical (unpaired) electrons. The number of hydrogen-bond acceptors (Lipinski definition) is 2. The van der Waals surface area contributed by atoms with Crippen molar-refractivity contribution in [3.63, 3.8) is 0 Å². The lowest BCUT2D eigenvalue weighted by Gasteiger charge is -2.24. The maximum atomic E-state index is 3.26. The standard InChI is InChI=1S/C11H22N2/c1-2-4-6-10(7-5-3-1)11-8-12-13-9-11/h10-13H,1-9H2. The fourth-order valence-electron chi connectivity index (χ4n) is 2.77. The summed E-state index contributed by atoms with van der Waals surface area (Å²) in [4.78, 5) is 0. The fourth-order valence-corrected chi connectivity index (χ4v) is 2.77. The largest absolute Gasteiger partial charge is 0.258 e. The molecule has 76 valence electrons. The van der Waals surface area contributed by atoms with Crippen molar-refractivity contribution in [3.05, 3.63) is 0 Å². The lowest BCUT2D eigenvalue weighted by molar-refractivity contribution is 0.290. The van der Waals surface area contributed by atoms with E-state index in [4.69, 9.17) is 0 Å². The molecule has 0 aromatic carbocycles. The third-order valence-electron chi connectivity index (χ3n) is 3.67. The third kappa shape index (κ3) is 2.68. The number of hydrogen-bond donors (Lipinski definition) is 2. The van der Waals surface area contributed by atoms with Crippen molar-refractivity contribution in [2.75, 3.05) is 13.1 Å². The van der Waals surface area contributed by atoms with Crippen LogP contribution in [-0.4, -0.2) is 13.1 Å². The zero-order chi connectivity index (χ0) is 8.93. The highest BCUT2D eigenvalue weighted by atomic mass is 15.4. The predicted octanol–water partition coefficient (Wildman–Crippen LogP) is 2.07. The Morgan fingerprint density at radius 3 is 1.77 bits per heavy atom. The molecule has 1 heterocycles. The Hall–Kier alpha value is -0.0800. The van der Waals surface area contributed by atoms with Crippen molar-refractivity contribution >= 4 is 0 Å². The third-order valence-corrected chi connectivity index (χ3v) is 3.67. The molecule has 1 saturated carbocycles. The quantitative estimate of drug-likeness (QED) is 0.648. The first kappa shape index (κ1) is 9.47. The summed E-state index contributed by atoms with van der Waals surface area (Å²) in [5.41, 5.74) is 6.51. The van der Waals surface area contributed by atoms with Gasteiger partial charge in [-0.2, -0.15) is 0 Å². The van der Waals surface area contributed by atoms with Gasteiger partial charge in [-0.1, -0.05) is 44.9 Å². The Morgan fingerprint density at radius 2 is 1.15 bits per heavy atom. The number of rotatable bonds is 1. The van der Waals surface area contributed by atoms with E-state index >= 15 is 0 Å². The van der Waals surface area contributed by atoms with Crippen LogP contribution < -0.4 is 10.9 Å². The monoisotopic (exact) mass is 182 g/mol. The fraction of sp³-hybridized carbons (Fsp3) is 1.00. The van der Waals surface area contributed by atoms with Gasteiger partial charge in [0.15, 0.2) is 0 Å². The van der Waals surface area contributed by atoms with E-state index in [2.05, 4.69) is 10.9 Å². The van der Waals surface area contributed by atoms with Gasteiger partial charge in [-0.3, -0.25) is 10.9 Å². The Labute approximate surface area is 81.4 Å². The molecule has 0 amide bonds. The molecule has 2 aliphatic rings. The molecule has 0 aromatic heterocycles. The smallest absolute Gasteiger partial charge is 0.0143 e. The van der Waals surface area contributed by atoms with Gasteiger partial charge in [0, 0.05) is 13.1 Å². The van der Waals surface area contributed by atoms with Crippen LogP contribution in [0.4, 0.5) is 0 Å². The van der Waals surface area contributed by atoms with Crippen molar-refractivity contribution < 1.29 is 0 Å². The van der Waals surface area contributed by atoms with Crippen LogP contribution in [0, 0.1) is 11.8 Å². The molecule has 0 aromatic rings. The zero-order valence-electron chi connectivity index (χ0n) is 8.52. The summed E-state index contributed by atoms with van der Waals surface area (Å²) < 4.78 is 0. The van der Waals surface area contributed by atoms with E-state index in [0.717, 1.165) is 11.8 Å². The summed E-state index contributed by atoms with van der Waals surface area (Å²) in [6.45, 7) is 2.40. The van der Waals surface area contributed by atoms with E-state index < -0.39 is 0 Å². The molecule has 1 aliphatic carbocycles. The maximum Gasteiger partial charge on any atom is 0.0143 e. The van der Waals surface area contributed by atoms with Crippen LogP contribution in [0.2, 0.25) is 0 Å². The Morgan fingerprint density at radius 1 is 0.615 bits per heavy atom. The minimum atomic E-state index is 0.915. The van der Waals surface area contributed by atoms with Gasteiger partial charge in [-0.05, 0) is 11.8 Å². The summed E-state index contributed by atoms with van der Waals surface area (Å²) >= 11 is 0. The highest BCUT2D eigenvalue weighted by Crippen LogP contribution is 2.28. The molecule has 0 atom stereocenters. The van der Waals surface area contributed by atoms with Crippen molar-refractivity contribution in [2.45, 2.75) is 44.9 Å². The molecule has 1 saturated heterocycles. The lowest BCUT2D eigenvalue weighted by atomic mass is 9.82. The van der Waals surface area contributed by atoms with Crippen molar-refractivity contribution in [1.29, 1.82) is 0 Å². The second-order valence-corrected chi connectivity index (χ2v) is 4.63. The number of nitrogens with one attached hydrogen (secondary N) is 2. The SMILES string of the molecule is C1CCCC(C2CNNC2)CCC1. The molecule has 0 bridgehead atoms. The van der Waals surface area contributed by atoms with E-state index in [-0.39, 0.29) is 0 Å². The second kappa shape index (κ2) is 4.97. The van der Waals surface area contributed by atoms with Gasteiger partial charge in [-0.15, -0.1) is 0 Å². The van der Waals surface area contributed by atoms with Crippen LogP contribution in [-0.2, 0) is 0 Å². The van der Waals surface area contributed by atoms with Crippen molar-refractivity contribution in [1.82, 2.24) is 10.9 Å². The molecule has 0 unspecified atom stereocenters. The van der Waals surface area contributed by atoms with Crippen LogP contribution >= 0.6 is 0 Å². The summed E-state index contributed by atoms with van der Waals surface area (Å²) in [6, 6.07) is 0. The predicted molar refractivity (Wildman–Crippen MR) is 55.3 cm³/mol. The van der Waals surface area contributed by atoms with E-state index in [0.29, 0.717) is 0 Å². The minimum Gasteiger partial charge on any atom is -0.258 e. The van der Waals surface area contributed by atoms with E-state index in [1.54, 1.807) is 0 Å². The lowest BCUT2D eigenvalue weighted by Crippen LogP contribution is -2.21. The zero-order valence-corrected chi connectivity index (χ0v) is 8.52. The molecule has 2 rings (SSSR count). The van der Waals surface area contributed by atoms with Crippen molar-refractivity contribution in [3.8, 4) is 0 Å². The molecule has 1 aliphatic heterocycles. The molecule has 2 heteroatoms. The van der Waals surface area contributed by atoms with E-state index in [1.807, 2.05) is 0 Å². The molecule has 2 fully saturated rings. The van der Waals surface area contributed by atoms with Gasteiger partial charge in [0.2, 0.25) is 0 Å². The van der Waals surface area contributed by atoms with Gasteiger partial charge in [0.05, 0.1) is 0 Å². The summed E-state index contributed by atoms with van der Waals surface area (Å²) in [5, 5.41) is 0. The minimum absolute atomic E-state index is 0.915.